The molecule has 5 heteroatoms. The Balaban J connectivity index is 1.67. The zero-order valence-electron chi connectivity index (χ0n) is 11.2. The van der Waals surface area contributed by atoms with Crippen LogP contribution in [0.3, 0.4) is 0 Å². The van der Waals surface area contributed by atoms with Crippen LogP contribution in [0.1, 0.15) is 68.3 Å². The first kappa shape index (κ1) is 13.1. The zero-order valence-corrected chi connectivity index (χ0v) is 11.2. The van der Waals surface area contributed by atoms with Crippen molar-refractivity contribution in [1.29, 1.82) is 0 Å². The minimum absolute atomic E-state index is 0.164. The number of hydrogen-bond acceptors (Lipinski definition) is 3. The molecule has 0 radical (unpaired) electrons. The normalized spacial score (nSPS) is 15.1. The van der Waals surface area contributed by atoms with Gasteiger partial charge in [-0.25, -0.2) is 4.98 Å². The third-order valence-corrected chi connectivity index (χ3v) is 3.16. The van der Waals surface area contributed by atoms with Gasteiger partial charge in [0.05, 0.1) is 0 Å². The molecule has 1 aromatic rings. The monoisotopic (exact) mass is 250 g/mol. The van der Waals surface area contributed by atoms with Gasteiger partial charge >= 0.3 is 0 Å². The average Bonchev–Trinajstić information content (AvgIpc) is 3.06. The predicted octanol–water partition coefficient (Wildman–Crippen LogP) is 2.24. The van der Waals surface area contributed by atoms with E-state index in [-0.39, 0.29) is 11.7 Å². The number of aromatic amines is 1. The van der Waals surface area contributed by atoms with Gasteiger partial charge in [0.1, 0.15) is 5.82 Å². The van der Waals surface area contributed by atoms with Crippen LogP contribution in [0, 0.1) is 5.92 Å². The fraction of sp³-hybridized carbons (Fsp3) is 0.769. The molecule has 1 amide bonds. The van der Waals surface area contributed by atoms with E-state index in [1.54, 1.807) is 0 Å². The Morgan fingerprint density at radius 2 is 2.22 bits per heavy atom. The van der Waals surface area contributed by atoms with Crippen molar-refractivity contribution >= 4 is 5.91 Å². The summed E-state index contributed by atoms with van der Waals surface area (Å²) in [5.74, 6) is 2.21. The highest BCUT2D eigenvalue weighted by Gasteiger charge is 2.28. The second kappa shape index (κ2) is 5.98. The molecule has 1 saturated carbocycles. The first-order valence-electron chi connectivity index (χ1n) is 6.87. The Morgan fingerprint density at radius 1 is 1.44 bits per heavy atom. The molecule has 0 atom stereocenters. The van der Waals surface area contributed by atoms with Crippen LogP contribution in [0.15, 0.2) is 0 Å². The van der Waals surface area contributed by atoms with Crippen molar-refractivity contribution in [2.24, 2.45) is 5.92 Å². The van der Waals surface area contributed by atoms with Crippen molar-refractivity contribution in [3.63, 3.8) is 0 Å². The number of carbonyl (C=O) groups excluding carboxylic acids is 1. The number of nitrogens with zero attached hydrogens (tertiary/aromatic N) is 2. The average molecular weight is 250 g/mol. The van der Waals surface area contributed by atoms with Crippen LogP contribution in [0.4, 0.5) is 0 Å². The van der Waals surface area contributed by atoms with Gasteiger partial charge in [-0.05, 0) is 25.2 Å². The first-order valence-corrected chi connectivity index (χ1v) is 6.87. The van der Waals surface area contributed by atoms with E-state index in [4.69, 9.17) is 0 Å². The maximum atomic E-state index is 11.7. The van der Waals surface area contributed by atoms with Crippen molar-refractivity contribution in [3.8, 4) is 0 Å². The lowest BCUT2D eigenvalue weighted by Crippen LogP contribution is -2.25. The Labute approximate surface area is 108 Å². The number of hydrogen-bond donors (Lipinski definition) is 2. The van der Waals surface area contributed by atoms with Gasteiger partial charge in [0.25, 0.3) is 5.91 Å². The highest BCUT2D eigenvalue weighted by Crippen LogP contribution is 2.37. The van der Waals surface area contributed by atoms with Crippen LogP contribution in [-0.4, -0.2) is 27.6 Å². The quantitative estimate of drug-likeness (QED) is 0.729. The zero-order chi connectivity index (χ0) is 13.0. The number of rotatable bonds is 7. The summed E-state index contributed by atoms with van der Waals surface area (Å²) in [6.45, 7) is 5.14. The van der Waals surface area contributed by atoms with Gasteiger partial charge in [-0.1, -0.05) is 26.7 Å². The molecule has 2 rings (SSSR count). The molecule has 0 saturated heterocycles. The Bertz CT molecular complexity index is 395. The van der Waals surface area contributed by atoms with Crippen LogP contribution in [-0.2, 0) is 0 Å². The molecular weight excluding hydrogens is 228 g/mol. The smallest absolute Gasteiger partial charge is 0.290 e. The molecule has 1 aliphatic carbocycles. The number of carbonyl (C=O) groups is 1. The lowest BCUT2D eigenvalue weighted by Gasteiger charge is -2.04. The van der Waals surface area contributed by atoms with Crippen LogP contribution in [0.25, 0.3) is 0 Å². The molecule has 1 aromatic heterocycles. The van der Waals surface area contributed by atoms with E-state index in [0.717, 1.165) is 37.4 Å². The molecular formula is C13H22N4O. The van der Waals surface area contributed by atoms with E-state index < -0.39 is 0 Å². The summed E-state index contributed by atoms with van der Waals surface area (Å²) < 4.78 is 0. The van der Waals surface area contributed by atoms with E-state index in [1.807, 2.05) is 0 Å². The molecule has 100 valence electrons. The van der Waals surface area contributed by atoms with Gasteiger partial charge in [0.2, 0.25) is 5.82 Å². The standard InChI is InChI=1S/C13H22N4O/c1-9(2)5-3-4-8-14-13(18)12-15-11(16-17-12)10-6-7-10/h9-10H,3-8H2,1-2H3,(H,14,18)(H,15,16,17). The highest BCUT2D eigenvalue weighted by molar-refractivity contribution is 5.90. The molecule has 18 heavy (non-hydrogen) atoms. The minimum atomic E-state index is -0.164. The maximum absolute atomic E-state index is 11.7. The van der Waals surface area contributed by atoms with Crippen LogP contribution < -0.4 is 5.32 Å². The largest absolute Gasteiger partial charge is 0.349 e. The van der Waals surface area contributed by atoms with E-state index in [0.29, 0.717) is 12.5 Å². The molecule has 1 fully saturated rings. The third kappa shape index (κ3) is 3.82. The Hall–Kier alpha value is -1.39. The molecule has 2 N–H and O–H groups in total. The molecule has 0 spiro atoms. The fourth-order valence-corrected chi connectivity index (χ4v) is 1.87. The van der Waals surface area contributed by atoms with Gasteiger partial charge in [-0.3, -0.25) is 9.89 Å². The maximum Gasteiger partial charge on any atom is 0.290 e. The SMILES string of the molecule is CC(C)CCCCNC(=O)c1n[nH]c(C2CC2)n1. The summed E-state index contributed by atoms with van der Waals surface area (Å²) in [5.41, 5.74) is 0. The number of nitrogens with one attached hydrogen (secondary N) is 2. The number of aromatic nitrogens is 3. The summed E-state index contributed by atoms with van der Waals surface area (Å²) in [4.78, 5) is 16.0. The molecule has 1 heterocycles. The van der Waals surface area contributed by atoms with Crippen LogP contribution in [0.2, 0.25) is 0 Å². The second-order valence-corrected chi connectivity index (χ2v) is 5.46. The van der Waals surface area contributed by atoms with Gasteiger partial charge < -0.3 is 5.32 Å². The van der Waals surface area contributed by atoms with Crippen LogP contribution >= 0.6 is 0 Å². The van der Waals surface area contributed by atoms with E-state index in [1.165, 1.54) is 6.42 Å². The lowest BCUT2D eigenvalue weighted by molar-refractivity contribution is 0.0943. The summed E-state index contributed by atoms with van der Waals surface area (Å²) in [6, 6.07) is 0. The fourth-order valence-electron chi connectivity index (χ4n) is 1.87. The predicted molar refractivity (Wildman–Crippen MR) is 69.4 cm³/mol. The van der Waals surface area contributed by atoms with Crippen molar-refractivity contribution in [2.45, 2.75) is 51.9 Å². The summed E-state index contributed by atoms with van der Waals surface area (Å²) in [6.07, 6.45) is 5.70. The third-order valence-electron chi connectivity index (χ3n) is 3.16. The summed E-state index contributed by atoms with van der Waals surface area (Å²) in [5, 5.41) is 9.66. The number of amides is 1. The van der Waals surface area contributed by atoms with E-state index >= 15 is 0 Å². The molecule has 1 aliphatic rings. The van der Waals surface area contributed by atoms with Gasteiger partial charge in [-0.15, -0.1) is 5.10 Å². The van der Waals surface area contributed by atoms with Gasteiger partial charge in [-0.2, -0.15) is 0 Å². The van der Waals surface area contributed by atoms with Crippen molar-refractivity contribution in [3.05, 3.63) is 11.6 Å². The number of H-pyrrole nitrogens is 1. The topological polar surface area (TPSA) is 70.7 Å². The minimum Gasteiger partial charge on any atom is -0.349 e. The van der Waals surface area contributed by atoms with Crippen LogP contribution in [0.5, 0.6) is 0 Å². The van der Waals surface area contributed by atoms with Crippen molar-refractivity contribution in [1.82, 2.24) is 20.5 Å². The first-order chi connectivity index (χ1) is 8.66. The van der Waals surface area contributed by atoms with Gasteiger partial charge in [0.15, 0.2) is 0 Å². The Kier molecular flexibility index (Phi) is 4.33. The Morgan fingerprint density at radius 3 is 2.89 bits per heavy atom. The lowest BCUT2D eigenvalue weighted by atomic mass is 10.1. The second-order valence-electron chi connectivity index (χ2n) is 5.46. The van der Waals surface area contributed by atoms with E-state index in [9.17, 15) is 4.79 Å². The molecule has 0 unspecified atom stereocenters. The molecule has 5 nitrogen and oxygen atoms in total. The highest BCUT2D eigenvalue weighted by atomic mass is 16.2. The molecule has 0 aromatic carbocycles. The molecule has 0 bridgehead atoms. The molecule has 0 aliphatic heterocycles. The van der Waals surface area contributed by atoms with Crippen molar-refractivity contribution < 1.29 is 4.79 Å². The summed E-state index contributed by atoms with van der Waals surface area (Å²) >= 11 is 0. The van der Waals surface area contributed by atoms with Gasteiger partial charge in [0, 0.05) is 12.5 Å². The summed E-state index contributed by atoms with van der Waals surface area (Å²) in [7, 11) is 0. The van der Waals surface area contributed by atoms with Crippen molar-refractivity contribution in [2.75, 3.05) is 6.54 Å². The van der Waals surface area contributed by atoms with E-state index in [2.05, 4.69) is 34.3 Å². The number of unbranched alkanes of at least 4 members (excludes halogenated alkanes) is 1.